The van der Waals surface area contributed by atoms with E-state index in [-0.39, 0.29) is 17.3 Å². The summed E-state index contributed by atoms with van der Waals surface area (Å²) < 4.78 is 1.11. The van der Waals surface area contributed by atoms with Gasteiger partial charge < -0.3 is 4.90 Å². The zero-order valence-corrected chi connectivity index (χ0v) is 23.1. The van der Waals surface area contributed by atoms with Crippen LogP contribution in [0.25, 0.3) is 0 Å². The second kappa shape index (κ2) is 9.87. The molecular formula is C37H28BrN. The molecule has 2 aliphatic carbocycles. The summed E-state index contributed by atoms with van der Waals surface area (Å²) in [6.45, 7) is 0. The Morgan fingerprint density at radius 3 is 1.64 bits per heavy atom. The van der Waals surface area contributed by atoms with Gasteiger partial charge in [-0.25, -0.2) is 0 Å². The number of hydrogen-bond donors (Lipinski definition) is 0. The minimum Gasteiger partial charge on any atom is -0.311 e. The monoisotopic (exact) mass is 565 g/mol. The van der Waals surface area contributed by atoms with Gasteiger partial charge in [-0.2, -0.15) is 0 Å². The number of halogens is 1. The molecule has 0 saturated heterocycles. The standard InChI is InChI=1S/C37H28BrN/c38-29-21-23-33-34-24-22-32(39(30-17-9-3-10-18-30)31-19-11-4-12-20-31)26-36(34)37(35(33)25-29,27-13-5-1-6-14-27)28-15-7-2-8-16-28/h1-26,34,36H. The fourth-order valence-electron chi connectivity index (χ4n) is 6.71. The molecule has 2 aliphatic rings. The van der Waals surface area contributed by atoms with Crippen LogP contribution in [-0.2, 0) is 5.41 Å². The number of nitrogens with zero attached hydrogens (tertiary/aromatic N) is 1. The highest BCUT2D eigenvalue weighted by molar-refractivity contribution is 9.10. The summed E-state index contributed by atoms with van der Waals surface area (Å²) >= 11 is 3.82. The predicted molar refractivity (Wildman–Crippen MR) is 165 cm³/mol. The van der Waals surface area contributed by atoms with Gasteiger partial charge in [0.15, 0.2) is 0 Å². The predicted octanol–water partition coefficient (Wildman–Crippen LogP) is 9.79. The van der Waals surface area contributed by atoms with Gasteiger partial charge in [-0.3, -0.25) is 0 Å². The summed E-state index contributed by atoms with van der Waals surface area (Å²) in [5, 5.41) is 0. The molecule has 2 atom stereocenters. The fourth-order valence-corrected chi connectivity index (χ4v) is 7.07. The van der Waals surface area contributed by atoms with Crippen molar-refractivity contribution >= 4 is 27.3 Å². The molecule has 1 nitrogen and oxygen atoms in total. The first-order valence-electron chi connectivity index (χ1n) is 13.5. The third kappa shape index (κ3) is 3.90. The highest BCUT2D eigenvalue weighted by Gasteiger charge is 2.53. The van der Waals surface area contributed by atoms with E-state index in [0.717, 1.165) is 15.8 Å². The summed E-state index contributed by atoms with van der Waals surface area (Å²) in [6, 6.07) is 50.4. The zero-order valence-electron chi connectivity index (χ0n) is 21.5. The SMILES string of the molecule is Brc1ccc2c(c1)C(c1ccccc1)(c1ccccc1)C1C=C(N(c3ccccc3)c3ccccc3)C=CC21. The largest absolute Gasteiger partial charge is 0.311 e. The van der Waals surface area contributed by atoms with Crippen molar-refractivity contribution in [2.45, 2.75) is 11.3 Å². The first-order valence-corrected chi connectivity index (χ1v) is 14.3. The molecule has 0 spiro atoms. The summed E-state index contributed by atoms with van der Waals surface area (Å²) in [4.78, 5) is 2.38. The average Bonchev–Trinajstić information content (AvgIpc) is 3.29. The van der Waals surface area contributed by atoms with Gasteiger partial charge >= 0.3 is 0 Å². The van der Waals surface area contributed by atoms with Gasteiger partial charge in [-0.05, 0) is 64.7 Å². The minimum absolute atomic E-state index is 0.196. The van der Waals surface area contributed by atoms with Crippen molar-refractivity contribution in [3.05, 3.63) is 190 Å². The van der Waals surface area contributed by atoms with Crippen LogP contribution < -0.4 is 4.90 Å². The average molecular weight is 567 g/mol. The van der Waals surface area contributed by atoms with Crippen LogP contribution >= 0.6 is 15.9 Å². The molecule has 39 heavy (non-hydrogen) atoms. The summed E-state index contributed by atoms with van der Waals surface area (Å²) in [5.74, 6) is 0.465. The van der Waals surface area contributed by atoms with Crippen LogP contribution in [0.5, 0.6) is 0 Å². The highest BCUT2D eigenvalue weighted by Crippen LogP contribution is 2.60. The van der Waals surface area contributed by atoms with E-state index in [9.17, 15) is 0 Å². The number of benzene rings is 5. The molecule has 0 saturated carbocycles. The van der Waals surface area contributed by atoms with Crippen LogP contribution in [-0.4, -0.2) is 0 Å². The fraction of sp³-hybridized carbons (Fsp3) is 0.0811. The van der Waals surface area contributed by atoms with E-state index in [1.54, 1.807) is 0 Å². The molecule has 2 heteroatoms. The smallest absolute Gasteiger partial charge is 0.0526 e. The van der Waals surface area contributed by atoms with E-state index in [1.165, 1.54) is 28.0 Å². The van der Waals surface area contributed by atoms with Crippen molar-refractivity contribution < 1.29 is 0 Å². The first-order chi connectivity index (χ1) is 19.3. The van der Waals surface area contributed by atoms with E-state index in [2.05, 4.69) is 179 Å². The molecule has 0 heterocycles. The van der Waals surface area contributed by atoms with Gasteiger partial charge in [-0.1, -0.05) is 131 Å². The van der Waals surface area contributed by atoms with E-state index in [4.69, 9.17) is 0 Å². The molecule has 0 radical (unpaired) electrons. The van der Waals surface area contributed by atoms with Crippen LogP contribution in [0.4, 0.5) is 11.4 Å². The summed E-state index contributed by atoms with van der Waals surface area (Å²) in [7, 11) is 0. The Morgan fingerprint density at radius 1 is 0.590 bits per heavy atom. The van der Waals surface area contributed by atoms with Crippen LogP contribution in [0.15, 0.2) is 168 Å². The highest BCUT2D eigenvalue weighted by atomic mass is 79.9. The molecule has 188 valence electrons. The van der Waals surface area contributed by atoms with Gasteiger partial charge in [0.2, 0.25) is 0 Å². The Morgan fingerprint density at radius 2 is 1.10 bits per heavy atom. The molecule has 0 bridgehead atoms. The lowest BCUT2D eigenvalue weighted by Crippen LogP contribution is -2.36. The number of anilines is 2. The quantitative estimate of drug-likeness (QED) is 0.205. The van der Waals surface area contributed by atoms with Gasteiger partial charge in [0, 0.05) is 33.4 Å². The number of rotatable bonds is 5. The Kier molecular flexibility index (Phi) is 6.06. The van der Waals surface area contributed by atoms with E-state index < -0.39 is 0 Å². The zero-order chi connectivity index (χ0) is 26.2. The van der Waals surface area contributed by atoms with Gasteiger partial charge in [0.25, 0.3) is 0 Å². The van der Waals surface area contributed by atoms with Crippen LogP contribution in [0, 0.1) is 5.92 Å². The van der Waals surface area contributed by atoms with Crippen molar-refractivity contribution in [2.24, 2.45) is 5.92 Å². The van der Waals surface area contributed by atoms with E-state index >= 15 is 0 Å². The van der Waals surface area contributed by atoms with Crippen LogP contribution in [0.3, 0.4) is 0 Å². The molecule has 0 amide bonds. The summed E-state index contributed by atoms with van der Waals surface area (Å²) in [5.41, 5.74) is 8.58. The number of para-hydroxylation sites is 2. The first kappa shape index (κ1) is 23.9. The Labute approximate surface area is 238 Å². The number of allylic oxidation sites excluding steroid dienone is 3. The Hall–Kier alpha value is -4.14. The van der Waals surface area contributed by atoms with Crippen molar-refractivity contribution in [3.63, 3.8) is 0 Å². The maximum Gasteiger partial charge on any atom is 0.0526 e. The number of hydrogen-bond acceptors (Lipinski definition) is 1. The van der Waals surface area contributed by atoms with Crippen LogP contribution in [0.1, 0.15) is 28.2 Å². The van der Waals surface area contributed by atoms with E-state index in [0.29, 0.717) is 0 Å². The van der Waals surface area contributed by atoms with Crippen molar-refractivity contribution in [1.29, 1.82) is 0 Å². The lowest BCUT2D eigenvalue weighted by molar-refractivity contribution is 0.453. The molecule has 2 unspecified atom stereocenters. The second-order valence-corrected chi connectivity index (χ2v) is 11.2. The van der Waals surface area contributed by atoms with Gasteiger partial charge in [-0.15, -0.1) is 0 Å². The lowest BCUT2D eigenvalue weighted by atomic mass is 9.63. The minimum atomic E-state index is -0.332. The third-order valence-electron chi connectivity index (χ3n) is 8.26. The number of fused-ring (bicyclic) bond motifs is 3. The van der Waals surface area contributed by atoms with Gasteiger partial charge in [0.1, 0.15) is 0 Å². The third-order valence-corrected chi connectivity index (χ3v) is 8.75. The molecular weight excluding hydrogens is 538 g/mol. The second-order valence-electron chi connectivity index (χ2n) is 10.3. The lowest BCUT2D eigenvalue weighted by Gasteiger charge is -2.40. The Balaban J connectivity index is 1.51. The topological polar surface area (TPSA) is 3.24 Å². The Bertz CT molecular complexity index is 1580. The maximum atomic E-state index is 3.82. The molecule has 0 aromatic heterocycles. The van der Waals surface area contributed by atoms with Gasteiger partial charge in [0.05, 0.1) is 5.41 Å². The molecule has 5 aromatic carbocycles. The molecule has 0 aliphatic heterocycles. The molecule has 0 N–H and O–H groups in total. The van der Waals surface area contributed by atoms with Crippen molar-refractivity contribution in [3.8, 4) is 0 Å². The van der Waals surface area contributed by atoms with Crippen LogP contribution in [0.2, 0.25) is 0 Å². The van der Waals surface area contributed by atoms with E-state index in [1.807, 2.05) is 0 Å². The normalized spacial score (nSPS) is 18.6. The molecule has 0 fully saturated rings. The summed E-state index contributed by atoms with van der Waals surface area (Å²) in [6.07, 6.45) is 7.27. The van der Waals surface area contributed by atoms with Crippen molar-refractivity contribution in [2.75, 3.05) is 4.90 Å². The van der Waals surface area contributed by atoms with Crippen molar-refractivity contribution in [1.82, 2.24) is 0 Å². The molecule has 5 aromatic rings. The molecule has 7 rings (SSSR count). The maximum absolute atomic E-state index is 3.82.